The topological polar surface area (TPSA) is 63.2 Å². The summed E-state index contributed by atoms with van der Waals surface area (Å²) in [5.74, 6) is 0. The molecule has 1 aliphatic rings. The molecule has 1 aliphatic carbocycles. The van der Waals surface area contributed by atoms with Gasteiger partial charge in [-0.2, -0.15) is 0 Å². The molecular weight excluding hydrogens is 298 g/mol. The first-order valence-corrected chi connectivity index (χ1v) is 8.31. The summed E-state index contributed by atoms with van der Waals surface area (Å²) in [4.78, 5) is 15.9. The van der Waals surface area contributed by atoms with E-state index in [1.807, 2.05) is 41.2 Å². The van der Waals surface area contributed by atoms with Crippen molar-refractivity contribution < 1.29 is 9.53 Å². The molecule has 0 radical (unpaired) electrons. The van der Waals surface area contributed by atoms with E-state index in [0.717, 1.165) is 30.6 Å². The maximum atomic E-state index is 11.7. The van der Waals surface area contributed by atoms with Crippen molar-refractivity contribution in [3.8, 4) is 0 Å². The number of hydrogen-bond acceptors (Lipinski definition) is 5. The lowest BCUT2D eigenvalue weighted by Gasteiger charge is -2.36. The molecule has 22 heavy (non-hydrogen) atoms. The molecule has 0 atom stereocenters. The lowest BCUT2D eigenvalue weighted by atomic mass is 9.87. The Morgan fingerprint density at radius 1 is 1.27 bits per heavy atom. The fraction of sp³-hybridized carbons (Fsp3) is 0.375. The highest BCUT2D eigenvalue weighted by atomic mass is 32.1. The van der Waals surface area contributed by atoms with Crippen LogP contribution in [0.3, 0.4) is 0 Å². The predicted octanol–water partition coefficient (Wildman–Crippen LogP) is 2.69. The van der Waals surface area contributed by atoms with Crippen LogP contribution in [0, 0.1) is 0 Å². The summed E-state index contributed by atoms with van der Waals surface area (Å²) in [6.07, 6.45) is 1.53. The van der Waals surface area contributed by atoms with Crippen LogP contribution in [0.4, 0.5) is 4.79 Å². The van der Waals surface area contributed by atoms with E-state index in [9.17, 15) is 4.79 Å². The van der Waals surface area contributed by atoms with Gasteiger partial charge < -0.3 is 15.4 Å². The lowest BCUT2D eigenvalue weighted by Crippen LogP contribution is -2.52. The summed E-state index contributed by atoms with van der Waals surface area (Å²) in [6.45, 7) is 1.10. The Morgan fingerprint density at radius 3 is 2.82 bits per heavy atom. The van der Waals surface area contributed by atoms with E-state index in [4.69, 9.17) is 4.74 Å². The Morgan fingerprint density at radius 2 is 2.09 bits per heavy atom. The number of thiazole rings is 1. The number of rotatable bonds is 6. The largest absolute Gasteiger partial charge is 0.445 e. The van der Waals surface area contributed by atoms with E-state index >= 15 is 0 Å². The summed E-state index contributed by atoms with van der Waals surface area (Å²) in [7, 11) is 0. The second-order valence-corrected chi connectivity index (χ2v) is 6.15. The van der Waals surface area contributed by atoms with Crippen LogP contribution in [-0.4, -0.2) is 23.2 Å². The van der Waals surface area contributed by atoms with Gasteiger partial charge in [-0.3, -0.25) is 0 Å². The van der Waals surface area contributed by atoms with Crippen molar-refractivity contribution in [2.45, 2.75) is 38.1 Å². The number of ether oxygens (including phenoxy) is 1. The van der Waals surface area contributed by atoms with Gasteiger partial charge in [-0.25, -0.2) is 9.78 Å². The highest BCUT2D eigenvalue weighted by molar-refractivity contribution is 7.07. The molecule has 5 nitrogen and oxygen atoms in total. The van der Waals surface area contributed by atoms with Gasteiger partial charge in [0.2, 0.25) is 0 Å². The molecule has 1 amide bonds. The van der Waals surface area contributed by atoms with E-state index < -0.39 is 0 Å². The SMILES string of the molecule is O=C(NC1CC(NCc2cscn2)C1)OCc1ccccc1. The third kappa shape index (κ3) is 4.29. The summed E-state index contributed by atoms with van der Waals surface area (Å²) >= 11 is 1.60. The molecule has 0 saturated heterocycles. The maximum Gasteiger partial charge on any atom is 0.407 e. The third-order valence-electron chi connectivity index (χ3n) is 3.73. The van der Waals surface area contributed by atoms with Gasteiger partial charge in [0.25, 0.3) is 0 Å². The van der Waals surface area contributed by atoms with Crippen molar-refractivity contribution in [1.29, 1.82) is 0 Å². The van der Waals surface area contributed by atoms with E-state index in [1.165, 1.54) is 0 Å². The lowest BCUT2D eigenvalue weighted by molar-refractivity contribution is 0.125. The van der Waals surface area contributed by atoms with Gasteiger partial charge >= 0.3 is 6.09 Å². The fourth-order valence-electron chi connectivity index (χ4n) is 2.41. The molecule has 0 spiro atoms. The summed E-state index contributed by atoms with van der Waals surface area (Å²) in [5.41, 5.74) is 3.91. The molecule has 0 aliphatic heterocycles. The Balaban J connectivity index is 1.29. The quantitative estimate of drug-likeness (QED) is 0.860. The number of nitrogens with one attached hydrogen (secondary N) is 2. The number of benzene rings is 1. The minimum atomic E-state index is -0.341. The number of hydrogen-bond donors (Lipinski definition) is 2. The second-order valence-electron chi connectivity index (χ2n) is 5.43. The van der Waals surface area contributed by atoms with Crippen LogP contribution < -0.4 is 10.6 Å². The first kappa shape index (κ1) is 15.0. The van der Waals surface area contributed by atoms with Crippen molar-refractivity contribution in [3.05, 3.63) is 52.5 Å². The molecule has 2 N–H and O–H groups in total. The molecule has 1 aromatic carbocycles. The van der Waals surface area contributed by atoms with Gasteiger partial charge in [0.15, 0.2) is 0 Å². The van der Waals surface area contributed by atoms with E-state index in [0.29, 0.717) is 12.6 Å². The molecule has 6 heteroatoms. The van der Waals surface area contributed by atoms with Gasteiger partial charge in [0, 0.05) is 24.0 Å². The first-order chi connectivity index (χ1) is 10.8. The van der Waals surface area contributed by atoms with Crippen molar-refractivity contribution in [2.75, 3.05) is 0 Å². The zero-order valence-corrected chi connectivity index (χ0v) is 13.0. The molecular formula is C16H19N3O2S. The van der Waals surface area contributed by atoms with Crippen molar-refractivity contribution >= 4 is 17.4 Å². The standard InChI is InChI=1S/C16H19N3O2S/c20-16(21-9-12-4-2-1-3-5-12)19-14-6-13(7-14)17-8-15-10-22-11-18-15/h1-5,10-11,13-14,17H,6-9H2,(H,19,20). The first-order valence-electron chi connectivity index (χ1n) is 7.37. The van der Waals surface area contributed by atoms with Crippen LogP contribution in [-0.2, 0) is 17.9 Å². The van der Waals surface area contributed by atoms with Gasteiger partial charge in [-0.15, -0.1) is 11.3 Å². The molecule has 3 rings (SSSR count). The van der Waals surface area contributed by atoms with Gasteiger partial charge in [-0.1, -0.05) is 30.3 Å². The van der Waals surface area contributed by atoms with E-state index in [-0.39, 0.29) is 12.1 Å². The molecule has 1 aromatic heterocycles. The molecule has 1 saturated carbocycles. The number of carbonyl (C=O) groups is 1. The Labute approximate surface area is 133 Å². The number of alkyl carbamates (subject to hydrolysis) is 1. The molecule has 2 aromatic rings. The van der Waals surface area contributed by atoms with Crippen molar-refractivity contribution in [2.24, 2.45) is 0 Å². The van der Waals surface area contributed by atoms with Crippen LogP contribution in [0.25, 0.3) is 0 Å². The smallest absolute Gasteiger partial charge is 0.407 e. The molecule has 1 fully saturated rings. The number of carbonyl (C=O) groups excluding carboxylic acids is 1. The summed E-state index contributed by atoms with van der Waals surface area (Å²) in [5, 5.41) is 8.37. The van der Waals surface area contributed by atoms with Crippen LogP contribution >= 0.6 is 11.3 Å². The highest BCUT2D eigenvalue weighted by Gasteiger charge is 2.30. The van der Waals surface area contributed by atoms with Crippen molar-refractivity contribution in [1.82, 2.24) is 15.6 Å². The normalized spacial score (nSPS) is 20.2. The second kappa shape index (κ2) is 7.38. The van der Waals surface area contributed by atoms with Crippen LogP contribution in [0.1, 0.15) is 24.1 Å². The molecule has 0 bridgehead atoms. The van der Waals surface area contributed by atoms with Crippen molar-refractivity contribution in [3.63, 3.8) is 0 Å². The Hall–Kier alpha value is -1.92. The third-order valence-corrected chi connectivity index (χ3v) is 4.36. The number of amides is 1. The molecule has 0 unspecified atom stereocenters. The zero-order chi connectivity index (χ0) is 15.2. The average Bonchev–Trinajstić information content (AvgIpc) is 3.01. The van der Waals surface area contributed by atoms with Crippen LogP contribution in [0.2, 0.25) is 0 Å². The Bertz CT molecular complexity index is 583. The van der Waals surface area contributed by atoms with Crippen LogP contribution in [0.15, 0.2) is 41.2 Å². The van der Waals surface area contributed by atoms with E-state index in [2.05, 4.69) is 15.6 Å². The van der Waals surface area contributed by atoms with Gasteiger partial charge in [-0.05, 0) is 18.4 Å². The van der Waals surface area contributed by atoms with Gasteiger partial charge in [0.05, 0.1) is 11.2 Å². The minimum Gasteiger partial charge on any atom is -0.445 e. The zero-order valence-electron chi connectivity index (χ0n) is 12.2. The van der Waals surface area contributed by atoms with Crippen LogP contribution in [0.5, 0.6) is 0 Å². The fourth-order valence-corrected chi connectivity index (χ4v) is 2.97. The molecule has 116 valence electrons. The summed E-state index contributed by atoms with van der Waals surface area (Å²) in [6, 6.07) is 10.3. The Kier molecular flexibility index (Phi) is 5.03. The molecule has 1 heterocycles. The predicted molar refractivity (Wildman–Crippen MR) is 85.5 cm³/mol. The summed E-state index contributed by atoms with van der Waals surface area (Å²) < 4.78 is 5.21. The maximum absolute atomic E-state index is 11.7. The minimum absolute atomic E-state index is 0.205. The number of aromatic nitrogens is 1. The van der Waals surface area contributed by atoms with Gasteiger partial charge in [0.1, 0.15) is 6.61 Å². The number of nitrogens with zero attached hydrogens (tertiary/aromatic N) is 1. The average molecular weight is 317 g/mol. The van der Waals surface area contributed by atoms with E-state index in [1.54, 1.807) is 11.3 Å². The highest BCUT2D eigenvalue weighted by Crippen LogP contribution is 2.20. The monoisotopic (exact) mass is 317 g/mol.